The second-order valence-corrected chi connectivity index (χ2v) is 6.05. The first-order valence-corrected chi connectivity index (χ1v) is 8.21. The largest absolute Gasteiger partial charge is 0.395 e. The number of nitrogens with zero attached hydrogens (tertiary/aromatic N) is 3. The maximum absolute atomic E-state index is 12.5. The summed E-state index contributed by atoms with van der Waals surface area (Å²) >= 11 is 0. The smallest absolute Gasteiger partial charge is 0.254 e. The Morgan fingerprint density at radius 3 is 3.04 bits per heavy atom. The van der Waals surface area contributed by atoms with Crippen LogP contribution >= 0.6 is 0 Å². The van der Waals surface area contributed by atoms with Crippen LogP contribution in [0.4, 0.5) is 0 Å². The Bertz CT molecular complexity index is 848. The lowest BCUT2D eigenvalue weighted by Gasteiger charge is -2.28. The van der Waals surface area contributed by atoms with E-state index in [0.717, 1.165) is 41.0 Å². The number of allylic oxidation sites excluding steroid dienone is 3. The molecule has 4 rings (SSSR count). The molecule has 0 saturated heterocycles. The molecule has 2 heterocycles. The number of amides is 1. The normalized spacial score (nSPS) is 16.0. The molecular formula is C19H19N3O2. The van der Waals surface area contributed by atoms with Gasteiger partial charge in [0.15, 0.2) is 0 Å². The Morgan fingerprint density at radius 1 is 1.25 bits per heavy atom. The number of aromatic nitrogens is 2. The molecule has 1 aliphatic heterocycles. The topological polar surface area (TPSA) is 58.4 Å². The average Bonchev–Trinajstić information content (AvgIpc) is 2.86. The van der Waals surface area contributed by atoms with Gasteiger partial charge in [-0.1, -0.05) is 18.2 Å². The molecule has 24 heavy (non-hydrogen) atoms. The molecule has 0 bridgehead atoms. The molecule has 2 aliphatic rings. The zero-order valence-corrected chi connectivity index (χ0v) is 13.4. The Morgan fingerprint density at radius 2 is 2.17 bits per heavy atom. The minimum atomic E-state index is 0.000695. The van der Waals surface area contributed by atoms with Crippen molar-refractivity contribution >= 4 is 12.0 Å². The maximum atomic E-state index is 12.5. The number of hydrogen-bond donors (Lipinski definition) is 1. The van der Waals surface area contributed by atoms with Crippen LogP contribution in [0.5, 0.6) is 0 Å². The molecule has 0 fully saturated rings. The van der Waals surface area contributed by atoms with Gasteiger partial charge in [-0.3, -0.25) is 9.36 Å². The van der Waals surface area contributed by atoms with Crippen LogP contribution in [-0.4, -0.2) is 45.2 Å². The van der Waals surface area contributed by atoms with E-state index in [1.54, 1.807) is 4.90 Å². The average molecular weight is 321 g/mol. The van der Waals surface area contributed by atoms with Gasteiger partial charge < -0.3 is 10.0 Å². The summed E-state index contributed by atoms with van der Waals surface area (Å²) in [5, 5.41) is 9.07. The lowest BCUT2D eigenvalue weighted by Crippen LogP contribution is -2.39. The van der Waals surface area contributed by atoms with Crippen LogP contribution in [0.15, 0.2) is 42.8 Å². The first kappa shape index (κ1) is 14.9. The summed E-state index contributed by atoms with van der Waals surface area (Å²) in [6.07, 6.45) is 11.7. The lowest BCUT2D eigenvalue weighted by atomic mass is 9.98. The molecular weight excluding hydrogens is 302 g/mol. The summed E-state index contributed by atoms with van der Waals surface area (Å²) in [6, 6.07) is 5.94. The predicted octanol–water partition coefficient (Wildman–Crippen LogP) is 1.99. The van der Waals surface area contributed by atoms with Crippen LogP contribution in [0.3, 0.4) is 0 Å². The van der Waals surface area contributed by atoms with Gasteiger partial charge >= 0.3 is 0 Å². The second kappa shape index (κ2) is 6.09. The second-order valence-electron chi connectivity index (χ2n) is 6.05. The lowest BCUT2D eigenvalue weighted by molar-refractivity contribution is 0.0705. The number of aliphatic hydroxyl groups excluding tert-OH is 1. The number of rotatable bonds is 3. The number of fused-ring (bicyclic) bond motifs is 2. The summed E-state index contributed by atoms with van der Waals surface area (Å²) < 4.78 is 2.07. The quantitative estimate of drug-likeness (QED) is 0.940. The van der Waals surface area contributed by atoms with Gasteiger partial charge in [-0.2, -0.15) is 0 Å². The number of imidazole rings is 1. The molecule has 1 amide bonds. The highest BCUT2D eigenvalue weighted by molar-refractivity contribution is 5.97. The molecule has 0 radical (unpaired) electrons. The number of carbonyl (C=O) groups is 1. The van der Waals surface area contributed by atoms with Crippen LogP contribution in [-0.2, 0) is 12.8 Å². The van der Waals surface area contributed by atoms with Crippen molar-refractivity contribution in [3.8, 4) is 5.69 Å². The minimum absolute atomic E-state index is 0.000695. The van der Waals surface area contributed by atoms with Gasteiger partial charge in [-0.15, -0.1) is 0 Å². The van der Waals surface area contributed by atoms with Crippen molar-refractivity contribution in [1.82, 2.24) is 14.5 Å². The van der Waals surface area contributed by atoms with Crippen LogP contribution in [0.1, 0.15) is 27.3 Å². The standard InChI is InChI=1S/C19H19N3O2/c23-11-10-21-9-8-14-12-15(6-7-16(14)19(21)24)22-13-20-17-4-2-1-3-5-18(17)22/h1-3,5-7,12-13,23H,4,8-11H2. The van der Waals surface area contributed by atoms with E-state index in [1.807, 2.05) is 30.6 Å². The van der Waals surface area contributed by atoms with E-state index in [4.69, 9.17) is 5.11 Å². The molecule has 1 aliphatic carbocycles. The molecule has 5 nitrogen and oxygen atoms in total. The number of β-amino-alcohol motifs (C(OH)–C–C–N with tert-alkyl or cyclic N) is 1. The summed E-state index contributed by atoms with van der Waals surface area (Å²) in [6.45, 7) is 1.05. The molecule has 0 saturated carbocycles. The summed E-state index contributed by atoms with van der Waals surface area (Å²) in [7, 11) is 0. The first-order valence-electron chi connectivity index (χ1n) is 8.21. The zero-order valence-electron chi connectivity index (χ0n) is 13.4. The third kappa shape index (κ3) is 2.47. The number of benzene rings is 1. The SMILES string of the molecule is O=C1c2ccc(-n3cnc4c3C=CC=CC4)cc2CCN1CCO. The molecule has 1 aromatic heterocycles. The van der Waals surface area contributed by atoms with E-state index < -0.39 is 0 Å². The highest BCUT2D eigenvalue weighted by Gasteiger charge is 2.24. The van der Waals surface area contributed by atoms with Crippen molar-refractivity contribution in [1.29, 1.82) is 0 Å². The summed E-state index contributed by atoms with van der Waals surface area (Å²) in [4.78, 5) is 18.7. The fraction of sp³-hybridized carbons (Fsp3) is 0.263. The molecule has 1 aromatic carbocycles. The van der Waals surface area contributed by atoms with Crippen LogP contribution in [0, 0.1) is 0 Å². The van der Waals surface area contributed by atoms with E-state index in [2.05, 4.69) is 27.8 Å². The Hall–Kier alpha value is -2.66. The van der Waals surface area contributed by atoms with Gasteiger partial charge in [0.25, 0.3) is 5.91 Å². The van der Waals surface area contributed by atoms with Gasteiger partial charge in [-0.05, 0) is 36.3 Å². The van der Waals surface area contributed by atoms with Crippen molar-refractivity contribution in [3.05, 3.63) is 65.3 Å². The van der Waals surface area contributed by atoms with Gasteiger partial charge in [0, 0.05) is 30.8 Å². The Kier molecular flexibility index (Phi) is 3.78. The molecule has 5 heteroatoms. The highest BCUT2D eigenvalue weighted by atomic mass is 16.3. The third-order valence-electron chi connectivity index (χ3n) is 4.60. The van der Waals surface area contributed by atoms with E-state index in [9.17, 15) is 4.79 Å². The van der Waals surface area contributed by atoms with Gasteiger partial charge in [-0.25, -0.2) is 4.98 Å². The molecule has 0 atom stereocenters. The molecule has 122 valence electrons. The monoisotopic (exact) mass is 321 g/mol. The number of aliphatic hydroxyl groups is 1. The third-order valence-corrected chi connectivity index (χ3v) is 4.60. The van der Waals surface area contributed by atoms with Crippen molar-refractivity contribution in [2.75, 3.05) is 19.7 Å². The minimum Gasteiger partial charge on any atom is -0.395 e. The fourth-order valence-electron chi connectivity index (χ4n) is 3.35. The van der Waals surface area contributed by atoms with Crippen molar-refractivity contribution < 1.29 is 9.90 Å². The Labute approximate surface area is 140 Å². The summed E-state index contributed by atoms with van der Waals surface area (Å²) in [5.74, 6) is 0.00501. The Balaban J connectivity index is 1.71. The van der Waals surface area contributed by atoms with Crippen LogP contribution in [0.2, 0.25) is 0 Å². The zero-order chi connectivity index (χ0) is 16.5. The number of hydrogen-bond acceptors (Lipinski definition) is 3. The van der Waals surface area contributed by atoms with Crippen molar-refractivity contribution in [2.24, 2.45) is 0 Å². The molecule has 0 unspecified atom stereocenters. The highest BCUT2D eigenvalue weighted by Crippen LogP contribution is 2.25. The molecule has 1 N–H and O–H groups in total. The number of carbonyl (C=O) groups excluding carboxylic acids is 1. The fourth-order valence-corrected chi connectivity index (χ4v) is 3.35. The molecule has 2 aromatic rings. The predicted molar refractivity (Wildman–Crippen MR) is 92.1 cm³/mol. The van der Waals surface area contributed by atoms with Gasteiger partial charge in [0.05, 0.1) is 18.0 Å². The van der Waals surface area contributed by atoms with E-state index >= 15 is 0 Å². The molecule has 0 spiro atoms. The van der Waals surface area contributed by atoms with Gasteiger partial charge in [0.1, 0.15) is 6.33 Å². The van der Waals surface area contributed by atoms with Gasteiger partial charge in [0.2, 0.25) is 0 Å². The van der Waals surface area contributed by atoms with Crippen LogP contribution < -0.4 is 0 Å². The maximum Gasteiger partial charge on any atom is 0.254 e. The summed E-state index contributed by atoms with van der Waals surface area (Å²) in [5.41, 5.74) is 4.97. The first-order chi connectivity index (χ1) is 11.8. The van der Waals surface area contributed by atoms with E-state index in [-0.39, 0.29) is 12.5 Å². The van der Waals surface area contributed by atoms with Crippen molar-refractivity contribution in [3.63, 3.8) is 0 Å². The van der Waals surface area contributed by atoms with E-state index in [0.29, 0.717) is 13.1 Å². The van der Waals surface area contributed by atoms with E-state index in [1.165, 1.54) is 0 Å². The van der Waals surface area contributed by atoms with Crippen LogP contribution in [0.25, 0.3) is 11.8 Å². The van der Waals surface area contributed by atoms with Crippen molar-refractivity contribution in [2.45, 2.75) is 12.8 Å².